The summed E-state index contributed by atoms with van der Waals surface area (Å²) in [6.45, 7) is 7.80. The van der Waals surface area contributed by atoms with E-state index in [9.17, 15) is 0 Å². The van der Waals surface area contributed by atoms with Crippen LogP contribution in [0.15, 0.2) is 18.2 Å². The predicted molar refractivity (Wildman–Crippen MR) is 96.1 cm³/mol. The van der Waals surface area contributed by atoms with Crippen LogP contribution in [0.4, 0.5) is 5.69 Å². The van der Waals surface area contributed by atoms with Gasteiger partial charge in [0.1, 0.15) is 0 Å². The number of hydrogen-bond acceptors (Lipinski definition) is 1. The lowest BCUT2D eigenvalue weighted by atomic mass is 10.0. The molecule has 0 aliphatic carbocycles. The second-order valence-electron chi connectivity index (χ2n) is 5.98. The van der Waals surface area contributed by atoms with E-state index in [1.807, 2.05) is 0 Å². The van der Waals surface area contributed by atoms with Gasteiger partial charge in [-0.3, -0.25) is 0 Å². The van der Waals surface area contributed by atoms with E-state index in [1.54, 1.807) is 0 Å². The van der Waals surface area contributed by atoms with Crippen LogP contribution in [0.2, 0.25) is 0 Å². The Morgan fingerprint density at radius 1 is 1.19 bits per heavy atom. The molecule has 1 aromatic carbocycles. The first-order valence-corrected chi connectivity index (χ1v) is 8.76. The van der Waals surface area contributed by atoms with E-state index >= 15 is 0 Å². The second-order valence-corrected chi connectivity index (χ2v) is 6.37. The van der Waals surface area contributed by atoms with E-state index < -0.39 is 0 Å². The molecule has 0 radical (unpaired) electrons. The highest BCUT2D eigenvalue weighted by molar-refractivity contribution is 7.80. The molecule has 116 valence electrons. The van der Waals surface area contributed by atoms with Gasteiger partial charge in [-0.05, 0) is 56.0 Å². The Balaban J connectivity index is 2.18. The van der Waals surface area contributed by atoms with Crippen molar-refractivity contribution in [3.05, 3.63) is 29.3 Å². The van der Waals surface area contributed by atoms with E-state index in [4.69, 9.17) is 12.2 Å². The topological polar surface area (TPSA) is 15.3 Å². The van der Waals surface area contributed by atoms with E-state index in [2.05, 4.69) is 49.2 Å². The van der Waals surface area contributed by atoms with Crippen LogP contribution in [0, 0.1) is 0 Å². The Morgan fingerprint density at radius 3 is 2.48 bits per heavy atom. The van der Waals surface area contributed by atoms with Crippen molar-refractivity contribution in [1.82, 2.24) is 4.90 Å². The number of hydrogen-bond donors (Lipinski definition) is 1. The molecule has 1 N–H and O–H groups in total. The molecule has 1 atom stereocenters. The van der Waals surface area contributed by atoms with Crippen molar-refractivity contribution in [3.8, 4) is 0 Å². The summed E-state index contributed by atoms with van der Waals surface area (Å²) in [5.41, 5.74) is 3.96. The summed E-state index contributed by atoms with van der Waals surface area (Å²) in [5, 5.41) is 4.47. The fourth-order valence-electron chi connectivity index (χ4n) is 3.16. The Labute approximate surface area is 134 Å². The summed E-state index contributed by atoms with van der Waals surface area (Å²) in [5.74, 6) is 0. The number of aryl methyl sites for hydroxylation is 2. The SMILES string of the molecule is CCc1cccc(CC)c1NC(=S)N1CCCCCC1C. The largest absolute Gasteiger partial charge is 0.346 e. The minimum absolute atomic E-state index is 0.548. The number of rotatable bonds is 3. The van der Waals surface area contributed by atoms with Crippen LogP contribution in [-0.2, 0) is 12.8 Å². The molecule has 1 unspecified atom stereocenters. The minimum atomic E-state index is 0.548. The van der Waals surface area contributed by atoms with Gasteiger partial charge < -0.3 is 10.2 Å². The maximum Gasteiger partial charge on any atom is 0.173 e. The lowest BCUT2D eigenvalue weighted by molar-refractivity contribution is 0.341. The standard InChI is InChI=1S/C18H28N2S/c1-4-15-11-9-12-16(5-2)17(15)19-18(21)20-13-8-6-7-10-14(20)3/h9,11-12,14H,4-8,10,13H2,1-3H3,(H,19,21). The zero-order valence-electron chi connectivity index (χ0n) is 13.6. The molecule has 0 saturated carbocycles. The highest BCUT2D eigenvalue weighted by Crippen LogP contribution is 2.24. The Kier molecular flexibility index (Phi) is 6.04. The first-order valence-electron chi connectivity index (χ1n) is 8.35. The van der Waals surface area contributed by atoms with E-state index in [0.717, 1.165) is 24.5 Å². The molecule has 1 aromatic rings. The number of thiocarbonyl (C=S) groups is 1. The molecule has 1 aliphatic heterocycles. The van der Waals surface area contributed by atoms with Gasteiger partial charge in [0.05, 0.1) is 0 Å². The fourth-order valence-corrected chi connectivity index (χ4v) is 3.53. The van der Waals surface area contributed by atoms with Gasteiger partial charge in [-0.2, -0.15) is 0 Å². The van der Waals surface area contributed by atoms with E-state index in [0.29, 0.717) is 6.04 Å². The van der Waals surface area contributed by atoms with Crippen LogP contribution in [-0.4, -0.2) is 22.6 Å². The van der Waals surface area contributed by atoms with Gasteiger partial charge in [0.15, 0.2) is 5.11 Å². The van der Waals surface area contributed by atoms with E-state index in [1.165, 1.54) is 42.5 Å². The Bertz CT molecular complexity index is 462. The Hall–Kier alpha value is -1.09. The van der Waals surface area contributed by atoms with Crippen molar-refractivity contribution in [3.63, 3.8) is 0 Å². The molecule has 2 nitrogen and oxygen atoms in total. The van der Waals surface area contributed by atoms with Crippen LogP contribution in [0.1, 0.15) is 57.6 Å². The normalized spacial score (nSPS) is 19.2. The molecule has 21 heavy (non-hydrogen) atoms. The van der Waals surface area contributed by atoms with Gasteiger partial charge >= 0.3 is 0 Å². The van der Waals surface area contributed by atoms with Crippen molar-refractivity contribution in [2.24, 2.45) is 0 Å². The average Bonchev–Trinajstić information content (AvgIpc) is 2.72. The molecule has 1 fully saturated rings. The molecule has 0 aromatic heterocycles. The fraction of sp³-hybridized carbons (Fsp3) is 0.611. The zero-order chi connectivity index (χ0) is 15.2. The first-order chi connectivity index (χ1) is 10.2. The number of benzene rings is 1. The van der Waals surface area contributed by atoms with Gasteiger partial charge in [-0.25, -0.2) is 0 Å². The molecule has 2 rings (SSSR count). The maximum absolute atomic E-state index is 5.72. The average molecular weight is 305 g/mol. The van der Waals surface area contributed by atoms with Gasteiger partial charge in [0, 0.05) is 18.3 Å². The molecule has 1 saturated heterocycles. The first kappa shape index (κ1) is 16.3. The van der Waals surface area contributed by atoms with Crippen LogP contribution in [0.3, 0.4) is 0 Å². The van der Waals surface area contributed by atoms with Gasteiger partial charge in [-0.15, -0.1) is 0 Å². The van der Waals surface area contributed by atoms with Crippen LogP contribution >= 0.6 is 12.2 Å². The number of nitrogens with one attached hydrogen (secondary N) is 1. The van der Waals surface area contributed by atoms with Gasteiger partial charge in [0.25, 0.3) is 0 Å². The van der Waals surface area contributed by atoms with Crippen molar-refractivity contribution < 1.29 is 0 Å². The molecule has 3 heteroatoms. The molecule has 1 aliphatic rings. The van der Waals surface area contributed by atoms with E-state index in [-0.39, 0.29) is 0 Å². The Morgan fingerprint density at radius 2 is 1.86 bits per heavy atom. The third-order valence-electron chi connectivity index (χ3n) is 4.54. The highest BCUT2D eigenvalue weighted by Gasteiger charge is 2.20. The monoisotopic (exact) mass is 304 g/mol. The molecular formula is C18H28N2S. The van der Waals surface area contributed by atoms with Crippen LogP contribution in [0.5, 0.6) is 0 Å². The van der Waals surface area contributed by atoms with Crippen LogP contribution in [0.25, 0.3) is 0 Å². The quantitative estimate of drug-likeness (QED) is 0.810. The smallest absolute Gasteiger partial charge is 0.173 e. The molecule has 0 bridgehead atoms. The maximum atomic E-state index is 5.72. The van der Waals surface area contributed by atoms with Crippen molar-refractivity contribution in [2.45, 2.75) is 65.3 Å². The third kappa shape index (κ3) is 3.97. The van der Waals surface area contributed by atoms with Gasteiger partial charge in [0.2, 0.25) is 0 Å². The molecule has 1 heterocycles. The lowest BCUT2D eigenvalue weighted by Gasteiger charge is -2.31. The summed E-state index contributed by atoms with van der Waals surface area (Å²) >= 11 is 5.72. The van der Waals surface area contributed by atoms with Gasteiger partial charge in [-0.1, -0.05) is 44.9 Å². The zero-order valence-corrected chi connectivity index (χ0v) is 14.4. The number of likely N-dealkylation sites (tertiary alicyclic amines) is 1. The van der Waals surface area contributed by atoms with Crippen molar-refractivity contribution in [2.75, 3.05) is 11.9 Å². The molecular weight excluding hydrogens is 276 g/mol. The summed E-state index contributed by atoms with van der Waals surface area (Å²) in [4.78, 5) is 2.38. The van der Waals surface area contributed by atoms with Crippen LogP contribution < -0.4 is 5.32 Å². The molecule has 0 amide bonds. The summed E-state index contributed by atoms with van der Waals surface area (Å²) in [7, 11) is 0. The van der Waals surface area contributed by atoms with Crippen molar-refractivity contribution in [1.29, 1.82) is 0 Å². The summed E-state index contributed by atoms with van der Waals surface area (Å²) in [6, 6.07) is 7.11. The summed E-state index contributed by atoms with van der Waals surface area (Å²) < 4.78 is 0. The number of nitrogens with zero attached hydrogens (tertiary/aromatic N) is 1. The highest BCUT2D eigenvalue weighted by atomic mass is 32.1. The summed E-state index contributed by atoms with van der Waals surface area (Å²) in [6.07, 6.45) is 7.23. The predicted octanol–water partition coefficient (Wildman–Crippen LogP) is 4.77. The number of anilines is 1. The molecule has 0 spiro atoms. The third-order valence-corrected chi connectivity index (χ3v) is 4.88. The van der Waals surface area contributed by atoms with Crippen molar-refractivity contribution >= 4 is 23.0 Å². The lowest BCUT2D eigenvalue weighted by Crippen LogP contribution is -2.41. The second kappa shape index (κ2) is 7.79. The minimum Gasteiger partial charge on any atom is -0.346 e. The number of para-hydroxylation sites is 1.